The fourth-order valence-corrected chi connectivity index (χ4v) is 3.28. The molecule has 0 spiro atoms. The summed E-state index contributed by atoms with van der Waals surface area (Å²) in [7, 11) is -3.59. The van der Waals surface area contributed by atoms with Gasteiger partial charge in [0, 0.05) is 24.9 Å². The minimum absolute atomic E-state index is 0.0978. The molecule has 0 unspecified atom stereocenters. The van der Waals surface area contributed by atoms with Gasteiger partial charge in [-0.3, -0.25) is 4.79 Å². The van der Waals surface area contributed by atoms with Crippen LogP contribution in [0.3, 0.4) is 0 Å². The van der Waals surface area contributed by atoms with Gasteiger partial charge in [-0.05, 0) is 11.5 Å². The average molecular weight is 306 g/mol. The molecule has 112 valence electrons. The third kappa shape index (κ3) is 3.80. The van der Waals surface area contributed by atoms with Crippen LogP contribution in [0.15, 0.2) is 47.4 Å². The highest BCUT2D eigenvalue weighted by atomic mass is 32.2. The number of carbonyl (C=O) groups excluding carboxylic acids is 1. The molecule has 0 aromatic heterocycles. The van der Waals surface area contributed by atoms with Crippen LogP contribution in [-0.2, 0) is 14.8 Å². The number of nitrogens with one attached hydrogen (secondary N) is 2. The number of hydrogen-bond donors (Lipinski definition) is 2. The fraction of sp³-hybridized carbons (Fsp3) is 0.267. The number of amides is 1. The number of fused-ring (bicyclic) bond motifs is 1. The fourth-order valence-electron chi connectivity index (χ4n) is 2.02. The zero-order valence-corrected chi connectivity index (χ0v) is 12.6. The second kappa shape index (κ2) is 6.69. The Labute approximate surface area is 124 Å². The van der Waals surface area contributed by atoms with E-state index < -0.39 is 10.0 Å². The van der Waals surface area contributed by atoms with E-state index in [4.69, 9.17) is 0 Å². The lowest BCUT2D eigenvalue weighted by molar-refractivity contribution is -0.120. The first kappa shape index (κ1) is 15.5. The standard InChI is InChI=1S/C15H18N2O3S/c1-2-15(18)16-10-11-17-21(19,20)14-9-5-7-12-6-3-4-8-13(12)14/h3-9,17H,2,10-11H2,1H3,(H,16,18). The normalized spacial score (nSPS) is 11.5. The summed E-state index contributed by atoms with van der Waals surface area (Å²) in [6.07, 6.45) is 0.385. The molecule has 0 aliphatic carbocycles. The Hall–Kier alpha value is -1.92. The Balaban J connectivity index is 2.13. The highest BCUT2D eigenvalue weighted by molar-refractivity contribution is 7.89. The van der Waals surface area contributed by atoms with Crippen LogP contribution >= 0.6 is 0 Å². The molecule has 0 atom stereocenters. The van der Waals surface area contributed by atoms with Gasteiger partial charge >= 0.3 is 0 Å². The highest BCUT2D eigenvalue weighted by Crippen LogP contribution is 2.22. The first-order valence-corrected chi connectivity index (χ1v) is 8.27. The molecule has 0 aliphatic rings. The van der Waals surface area contributed by atoms with Crippen molar-refractivity contribution in [3.8, 4) is 0 Å². The Morgan fingerprint density at radius 3 is 2.52 bits per heavy atom. The van der Waals surface area contributed by atoms with Gasteiger partial charge in [0.15, 0.2) is 0 Å². The molecule has 0 fully saturated rings. The molecule has 6 heteroatoms. The summed E-state index contributed by atoms with van der Waals surface area (Å²) in [5, 5.41) is 4.19. The second-order valence-electron chi connectivity index (χ2n) is 4.58. The summed E-state index contributed by atoms with van der Waals surface area (Å²) >= 11 is 0. The van der Waals surface area contributed by atoms with E-state index in [1.165, 1.54) is 0 Å². The largest absolute Gasteiger partial charge is 0.355 e. The predicted octanol–water partition coefficient (Wildman–Crippen LogP) is 1.64. The Morgan fingerprint density at radius 2 is 1.76 bits per heavy atom. The number of carbonyl (C=O) groups is 1. The zero-order chi connectivity index (χ0) is 15.3. The van der Waals surface area contributed by atoms with Gasteiger partial charge in [-0.15, -0.1) is 0 Å². The summed E-state index contributed by atoms with van der Waals surface area (Å²) in [4.78, 5) is 11.3. The quantitative estimate of drug-likeness (QED) is 0.797. The van der Waals surface area contributed by atoms with Gasteiger partial charge in [0.25, 0.3) is 0 Å². The van der Waals surface area contributed by atoms with Crippen molar-refractivity contribution in [1.82, 2.24) is 10.0 Å². The summed E-state index contributed by atoms with van der Waals surface area (Å²) < 4.78 is 27.2. The van der Waals surface area contributed by atoms with Crippen molar-refractivity contribution in [1.29, 1.82) is 0 Å². The minimum Gasteiger partial charge on any atom is -0.355 e. The van der Waals surface area contributed by atoms with Crippen LogP contribution in [0.4, 0.5) is 0 Å². The second-order valence-corrected chi connectivity index (χ2v) is 6.31. The van der Waals surface area contributed by atoms with Gasteiger partial charge in [0.2, 0.25) is 15.9 Å². The molecule has 0 radical (unpaired) electrons. The van der Waals surface area contributed by atoms with Crippen LogP contribution in [0.2, 0.25) is 0 Å². The van der Waals surface area contributed by atoms with Gasteiger partial charge in [-0.25, -0.2) is 13.1 Å². The summed E-state index contributed by atoms with van der Waals surface area (Å²) in [6.45, 7) is 2.18. The van der Waals surface area contributed by atoms with Crippen LogP contribution in [-0.4, -0.2) is 27.4 Å². The molecule has 21 heavy (non-hydrogen) atoms. The van der Waals surface area contributed by atoms with E-state index in [0.29, 0.717) is 11.8 Å². The van der Waals surface area contributed by atoms with Crippen LogP contribution in [0.1, 0.15) is 13.3 Å². The van der Waals surface area contributed by atoms with E-state index in [9.17, 15) is 13.2 Å². The first-order valence-electron chi connectivity index (χ1n) is 6.78. The van der Waals surface area contributed by atoms with Gasteiger partial charge < -0.3 is 5.32 Å². The highest BCUT2D eigenvalue weighted by Gasteiger charge is 2.16. The first-order chi connectivity index (χ1) is 10.0. The number of benzene rings is 2. The van der Waals surface area contributed by atoms with E-state index >= 15 is 0 Å². The molecule has 5 nitrogen and oxygen atoms in total. The number of hydrogen-bond acceptors (Lipinski definition) is 3. The van der Waals surface area contributed by atoms with Crippen molar-refractivity contribution in [2.45, 2.75) is 18.2 Å². The van der Waals surface area contributed by atoms with E-state index in [1.54, 1.807) is 25.1 Å². The maximum Gasteiger partial charge on any atom is 0.241 e. The van der Waals surface area contributed by atoms with Crippen molar-refractivity contribution in [2.24, 2.45) is 0 Å². The third-order valence-corrected chi connectivity index (χ3v) is 4.62. The van der Waals surface area contributed by atoms with Crippen LogP contribution in [0.25, 0.3) is 10.8 Å². The van der Waals surface area contributed by atoms with Crippen molar-refractivity contribution < 1.29 is 13.2 Å². The molecule has 2 N–H and O–H groups in total. The molecule has 2 rings (SSSR count). The van der Waals surface area contributed by atoms with Crippen molar-refractivity contribution in [3.05, 3.63) is 42.5 Å². The topological polar surface area (TPSA) is 75.3 Å². The molecule has 0 aliphatic heterocycles. The Morgan fingerprint density at radius 1 is 1.05 bits per heavy atom. The maximum atomic E-state index is 12.3. The van der Waals surface area contributed by atoms with Gasteiger partial charge in [-0.1, -0.05) is 43.3 Å². The van der Waals surface area contributed by atoms with Crippen LogP contribution < -0.4 is 10.0 Å². The average Bonchev–Trinajstić information content (AvgIpc) is 2.50. The molecule has 1 amide bonds. The van der Waals surface area contributed by atoms with Crippen molar-refractivity contribution >= 4 is 26.7 Å². The van der Waals surface area contributed by atoms with Crippen molar-refractivity contribution in [3.63, 3.8) is 0 Å². The van der Waals surface area contributed by atoms with Crippen LogP contribution in [0, 0.1) is 0 Å². The number of sulfonamides is 1. The van der Waals surface area contributed by atoms with E-state index in [-0.39, 0.29) is 23.9 Å². The number of rotatable bonds is 6. The lowest BCUT2D eigenvalue weighted by Crippen LogP contribution is -2.34. The van der Waals surface area contributed by atoms with Gasteiger partial charge in [-0.2, -0.15) is 0 Å². The minimum atomic E-state index is -3.59. The SMILES string of the molecule is CCC(=O)NCCNS(=O)(=O)c1cccc2ccccc12. The molecule has 0 bridgehead atoms. The van der Waals surface area contributed by atoms with Gasteiger partial charge in [0.1, 0.15) is 0 Å². The monoisotopic (exact) mass is 306 g/mol. The Bertz CT molecular complexity index is 736. The lowest BCUT2D eigenvalue weighted by Gasteiger charge is -2.10. The smallest absolute Gasteiger partial charge is 0.241 e. The molecular formula is C15H18N2O3S. The van der Waals surface area contributed by atoms with Gasteiger partial charge in [0.05, 0.1) is 4.90 Å². The lowest BCUT2D eigenvalue weighted by atomic mass is 10.1. The zero-order valence-electron chi connectivity index (χ0n) is 11.8. The molecule has 2 aromatic carbocycles. The van der Waals surface area contributed by atoms with E-state index in [2.05, 4.69) is 10.0 Å². The Kier molecular flexibility index (Phi) is 4.93. The third-order valence-electron chi connectivity index (χ3n) is 3.10. The summed E-state index contributed by atoms with van der Waals surface area (Å²) in [5.74, 6) is -0.0978. The molecule has 0 heterocycles. The molecule has 2 aromatic rings. The summed E-state index contributed by atoms with van der Waals surface area (Å²) in [5.41, 5.74) is 0. The predicted molar refractivity (Wildman–Crippen MR) is 82.4 cm³/mol. The van der Waals surface area contributed by atoms with E-state index in [1.807, 2.05) is 24.3 Å². The maximum absolute atomic E-state index is 12.3. The van der Waals surface area contributed by atoms with Crippen molar-refractivity contribution in [2.75, 3.05) is 13.1 Å². The molecule has 0 saturated heterocycles. The van der Waals surface area contributed by atoms with E-state index in [0.717, 1.165) is 5.39 Å². The molecule has 0 saturated carbocycles. The van der Waals surface area contributed by atoms with Crippen LogP contribution in [0.5, 0.6) is 0 Å². The summed E-state index contributed by atoms with van der Waals surface area (Å²) in [6, 6.07) is 12.5. The molecular weight excluding hydrogens is 288 g/mol.